The summed E-state index contributed by atoms with van der Waals surface area (Å²) in [6, 6.07) is 0. The first kappa shape index (κ1) is 14.3. The Bertz CT molecular complexity index is 185. The minimum Gasteiger partial charge on any atom is -0.378 e. The van der Waals surface area contributed by atoms with Crippen molar-refractivity contribution in [2.45, 2.75) is 76.7 Å². The Hall–Kier alpha value is -0.0800. The molecule has 2 bridgehead atoms. The second-order valence-corrected chi connectivity index (χ2v) is 6.09. The van der Waals surface area contributed by atoms with Crippen molar-refractivity contribution in [1.29, 1.82) is 0 Å². The van der Waals surface area contributed by atoms with Gasteiger partial charge in [0, 0.05) is 13.2 Å². The molecule has 2 aliphatic heterocycles. The minimum atomic E-state index is 0.375. The smallest absolute Gasteiger partial charge is 0.0808 e. The fraction of sp³-hybridized carbons (Fsp3) is 1.00. The van der Waals surface area contributed by atoms with Crippen molar-refractivity contribution in [2.75, 3.05) is 19.8 Å². The van der Waals surface area contributed by atoms with Gasteiger partial charge in [-0.1, -0.05) is 44.9 Å². The Kier molecular flexibility index (Phi) is 7.11. The van der Waals surface area contributed by atoms with Crippen LogP contribution in [0, 0.1) is 5.92 Å². The second-order valence-electron chi connectivity index (χ2n) is 6.09. The Morgan fingerprint density at radius 2 is 1.33 bits per heavy atom. The maximum atomic E-state index is 5.96. The normalized spacial score (nSPS) is 33.3. The maximum Gasteiger partial charge on any atom is 0.0808 e. The van der Waals surface area contributed by atoms with Crippen molar-refractivity contribution in [3.8, 4) is 0 Å². The summed E-state index contributed by atoms with van der Waals surface area (Å²) < 4.78 is 11.8. The van der Waals surface area contributed by atoms with Gasteiger partial charge in [0.25, 0.3) is 0 Å². The van der Waals surface area contributed by atoms with Crippen LogP contribution in [0.3, 0.4) is 0 Å². The van der Waals surface area contributed by atoms with Gasteiger partial charge in [-0.25, -0.2) is 0 Å². The molecule has 0 amide bonds. The van der Waals surface area contributed by atoms with Gasteiger partial charge in [-0.2, -0.15) is 0 Å². The van der Waals surface area contributed by atoms with E-state index in [1.165, 1.54) is 70.6 Å². The van der Waals surface area contributed by atoms with Crippen molar-refractivity contribution in [1.82, 2.24) is 0 Å². The summed E-state index contributed by atoms with van der Waals surface area (Å²) in [6.45, 7) is 2.75. The largest absolute Gasteiger partial charge is 0.378 e. The quantitative estimate of drug-likeness (QED) is 0.641. The predicted molar refractivity (Wildman–Crippen MR) is 74.8 cm³/mol. The van der Waals surface area contributed by atoms with Crippen LogP contribution in [0.5, 0.6) is 0 Å². The lowest BCUT2D eigenvalue weighted by Crippen LogP contribution is -2.18. The average molecular weight is 254 g/mol. The van der Waals surface area contributed by atoms with E-state index >= 15 is 0 Å². The van der Waals surface area contributed by atoms with E-state index in [2.05, 4.69) is 0 Å². The van der Waals surface area contributed by atoms with Gasteiger partial charge < -0.3 is 9.47 Å². The topological polar surface area (TPSA) is 18.5 Å². The molecule has 106 valence electrons. The molecule has 0 aliphatic carbocycles. The molecule has 0 radical (unpaired) electrons. The van der Waals surface area contributed by atoms with Gasteiger partial charge >= 0.3 is 0 Å². The Balaban J connectivity index is 1.75. The monoisotopic (exact) mass is 254 g/mol. The summed E-state index contributed by atoms with van der Waals surface area (Å²) in [4.78, 5) is 0. The fourth-order valence-electron chi connectivity index (χ4n) is 3.16. The van der Waals surface area contributed by atoms with Crippen molar-refractivity contribution < 1.29 is 9.47 Å². The third-order valence-corrected chi connectivity index (χ3v) is 4.41. The summed E-state index contributed by atoms with van der Waals surface area (Å²) in [5.74, 6) is 0.795. The molecule has 0 saturated carbocycles. The highest BCUT2D eigenvalue weighted by molar-refractivity contribution is 4.69. The summed E-state index contributed by atoms with van der Waals surface area (Å²) >= 11 is 0. The third-order valence-electron chi connectivity index (χ3n) is 4.41. The van der Waals surface area contributed by atoms with Crippen molar-refractivity contribution in [3.05, 3.63) is 0 Å². The van der Waals surface area contributed by atoms with Crippen LogP contribution in [0.2, 0.25) is 0 Å². The van der Waals surface area contributed by atoms with Gasteiger partial charge in [0.1, 0.15) is 0 Å². The number of fused-ring (bicyclic) bond motifs is 3. The first-order valence-electron chi connectivity index (χ1n) is 8.14. The van der Waals surface area contributed by atoms with E-state index in [0.29, 0.717) is 6.10 Å². The Morgan fingerprint density at radius 1 is 0.611 bits per heavy atom. The molecule has 2 nitrogen and oxygen atoms in total. The molecule has 2 rings (SSSR count). The molecule has 2 heteroatoms. The molecule has 2 saturated heterocycles. The minimum absolute atomic E-state index is 0.375. The molecule has 0 aromatic heterocycles. The van der Waals surface area contributed by atoms with Crippen LogP contribution < -0.4 is 0 Å². The van der Waals surface area contributed by atoms with E-state index < -0.39 is 0 Å². The van der Waals surface area contributed by atoms with Gasteiger partial charge in [0.15, 0.2) is 0 Å². The van der Waals surface area contributed by atoms with Gasteiger partial charge in [-0.3, -0.25) is 0 Å². The number of ether oxygens (including phenoxy) is 2. The summed E-state index contributed by atoms with van der Waals surface area (Å²) in [7, 11) is 0. The standard InChI is InChI=1S/C16H30O2/c1-2-4-6-8-12-18-16-11-10-15(13-17-14-16)9-7-5-3-1/h15-16H,1-14H2. The van der Waals surface area contributed by atoms with Crippen LogP contribution in [-0.4, -0.2) is 25.9 Å². The molecule has 2 fully saturated rings. The van der Waals surface area contributed by atoms with Crippen LogP contribution in [0.4, 0.5) is 0 Å². The molecular weight excluding hydrogens is 224 g/mol. The molecule has 2 heterocycles. The number of rotatable bonds is 0. The highest BCUT2D eigenvalue weighted by atomic mass is 16.5. The molecule has 0 aromatic rings. The first-order valence-corrected chi connectivity index (χ1v) is 8.14. The molecule has 18 heavy (non-hydrogen) atoms. The molecule has 0 N–H and O–H groups in total. The lowest BCUT2D eigenvalue weighted by molar-refractivity contribution is -0.0110. The van der Waals surface area contributed by atoms with Gasteiger partial charge in [0.2, 0.25) is 0 Å². The molecule has 0 aromatic carbocycles. The summed E-state index contributed by atoms with van der Waals surface area (Å²) in [5, 5.41) is 0. The number of hydrogen-bond donors (Lipinski definition) is 0. The van der Waals surface area contributed by atoms with Crippen LogP contribution in [0.25, 0.3) is 0 Å². The van der Waals surface area contributed by atoms with E-state index in [1.807, 2.05) is 0 Å². The fourth-order valence-corrected chi connectivity index (χ4v) is 3.16. The average Bonchev–Trinajstić information content (AvgIpc) is 2.60. The molecule has 2 unspecified atom stereocenters. The zero-order chi connectivity index (χ0) is 12.5. The SMILES string of the molecule is C1CCCCCC2CCC(COC2)OCCCC1. The van der Waals surface area contributed by atoms with Gasteiger partial charge in [0.05, 0.1) is 12.7 Å². The van der Waals surface area contributed by atoms with Gasteiger partial charge in [-0.15, -0.1) is 0 Å². The molecule has 2 atom stereocenters. The third kappa shape index (κ3) is 5.71. The molecular formula is C16H30O2. The van der Waals surface area contributed by atoms with E-state index in [1.54, 1.807) is 0 Å². The van der Waals surface area contributed by atoms with Gasteiger partial charge in [-0.05, 0) is 31.6 Å². The van der Waals surface area contributed by atoms with Crippen molar-refractivity contribution in [2.24, 2.45) is 5.92 Å². The van der Waals surface area contributed by atoms with E-state index in [9.17, 15) is 0 Å². The van der Waals surface area contributed by atoms with Crippen LogP contribution in [-0.2, 0) is 9.47 Å². The lowest BCUT2D eigenvalue weighted by Gasteiger charge is -2.14. The van der Waals surface area contributed by atoms with Crippen molar-refractivity contribution >= 4 is 0 Å². The van der Waals surface area contributed by atoms with Crippen LogP contribution in [0.1, 0.15) is 70.6 Å². The number of hydrogen-bond acceptors (Lipinski definition) is 2. The first-order chi connectivity index (χ1) is 8.95. The van der Waals surface area contributed by atoms with Crippen LogP contribution in [0.15, 0.2) is 0 Å². The summed E-state index contributed by atoms with van der Waals surface area (Å²) in [5.41, 5.74) is 0. The predicted octanol–water partition coefficient (Wildman–Crippen LogP) is 4.32. The van der Waals surface area contributed by atoms with E-state index in [4.69, 9.17) is 9.47 Å². The van der Waals surface area contributed by atoms with Crippen molar-refractivity contribution in [3.63, 3.8) is 0 Å². The Morgan fingerprint density at radius 3 is 2.17 bits per heavy atom. The Labute approximate surface area is 112 Å². The highest BCUT2D eigenvalue weighted by Gasteiger charge is 2.19. The lowest BCUT2D eigenvalue weighted by atomic mass is 9.96. The second kappa shape index (κ2) is 8.92. The molecule has 2 aliphatic rings. The maximum absolute atomic E-state index is 5.96. The van der Waals surface area contributed by atoms with Crippen LogP contribution >= 0.6 is 0 Å². The zero-order valence-corrected chi connectivity index (χ0v) is 11.9. The molecule has 0 spiro atoms. The van der Waals surface area contributed by atoms with E-state index in [-0.39, 0.29) is 0 Å². The summed E-state index contributed by atoms with van der Waals surface area (Å²) in [6.07, 6.45) is 15.4. The van der Waals surface area contributed by atoms with E-state index in [0.717, 1.165) is 25.7 Å². The highest BCUT2D eigenvalue weighted by Crippen LogP contribution is 2.23. The zero-order valence-electron chi connectivity index (χ0n) is 11.9.